The Hall–Kier alpha value is -1.37. The van der Waals surface area contributed by atoms with Crippen molar-refractivity contribution in [3.05, 3.63) is 48.0 Å². The second-order valence-corrected chi connectivity index (χ2v) is 6.08. The molecule has 1 fully saturated rings. The number of ketones is 1. The van der Waals surface area contributed by atoms with Crippen molar-refractivity contribution in [3.8, 4) is 0 Å². The molecule has 0 aliphatic heterocycles. The Balaban J connectivity index is 1.86. The molecule has 0 saturated heterocycles. The Bertz CT molecular complexity index is 435. The van der Waals surface area contributed by atoms with Gasteiger partial charge in [0.1, 0.15) is 0 Å². The summed E-state index contributed by atoms with van der Waals surface area (Å²) in [6.07, 6.45) is 9.37. The minimum atomic E-state index is 0.206. The van der Waals surface area contributed by atoms with Crippen LogP contribution in [0.1, 0.15) is 62.5 Å². The topological polar surface area (TPSA) is 17.1 Å². The van der Waals surface area contributed by atoms with Gasteiger partial charge >= 0.3 is 0 Å². The molecule has 0 radical (unpaired) electrons. The quantitative estimate of drug-likeness (QED) is 0.660. The van der Waals surface area contributed by atoms with Gasteiger partial charge in [-0.1, -0.05) is 44.2 Å². The van der Waals surface area contributed by atoms with Gasteiger partial charge < -0.3 is 0 Å². The van der Waals surface area contributed by atoms with Crippen LogP contribution in [-0.4, -0.2) is 5.78 Å². The van der Waals surface area contributed by atoms with Crippen LogP contribution in [0.15, 0.2) is 36.9 Å². The van der Waals surface area contributed by atoms with E-state index < -0.39 is 0 Å². The summed E-state index contributed by atoms with van der Waals surface area (Å²) in [4.78, 5) is 11.4. The van der Waals surface area contributed by atoms with Crippen LogP contribution in [0.2, 0.25) is 0 Å². The summed E-state index contributed by atoms with van der Waals surface area (Å²) in [7, 11) is 0. The van der Waals surface area contributed by atoms with Crippen LogP contribution in [0.5, 0.6) is 0 Å². The lowest BCUT2D eigenvalue weighted by Gasteiger charge is -2.28. The molecule has 0 heterocycles. The van der Waals surface area contributed by atoms with Crippen molar-refractivity contribution >= 4 is 5.78 Å². The van der Waals surface area contributed by atoms with Gasteiger partial charge in [0.2, 0.25) is 0 Å². The van der Waals surface area contributed by atoms with Crippen LogP contribution in [0.25, 0.3) is 0 Å². The number of carbonyl (C=O) groups is 1. The van der Waals surface area contributed by atoms with Crippen molar-refractivity contribution in [2.45, 2.75) is 57.8 Å². The Kier molecular flexibility index (Phi) is 5.58. The second kappa shape index (κ2) is 7.42. The third kappa shape index (κ3) is 4.06. The molecule has 2 rings (SSSR count). The van der Waals surface area contributed by atoms with E-state index >= 15 is 0 Å². The number of hydrogen-bond acceptors (Lipinski definition) is 1. The van der Waals surface area contributed by atoms with E-state index in [0.717, 1.165) is 0 Å². The van der Waals surface area contributed by atoms with E-state index in [0.29, 0.717) is 18.3 Å². The summed E-state index contributed by atoms with van der Waals surface area (Å²) < 4.78 is 0. The van der Waals surface area contributed by atoms with E-state index in [1.807, 2.05) is 0 Å². The highest BCUT2D eigenvalue weighted by molar-refractivity contribution is 5.89. The monoisotopic (exact) mass is 270 g/mol. The molecular formula is C19H26O. The van der Waals surface area contributed by atoms with Crippen LogP contribution in [0.3, 0.4) is 0 Å². The fraction of sp³-hybridized carbons (Fsp3) is 0.526. The number of rotatable bonds is 6. The molecule has 20 heavy (non-hydrogen) atoms. The smallest absolute Gasteiger partial charge is 0.155 e. The molecule has 108 valence electrons. The largest absolute Gasteiger partial charge is 0.295 e. The fourth-order valence-electron chi connectivity index (χ4n) is 3.31. The van der Waals surface area contributed by atoms with Gasteiger partial charge in [-0.2, -0.15) is 0 Å². The lowest BCUT2D eigenvalue weighted by atomic mass is 9.77. The molecule has 1 saturated carbocycles. The molecule has 0 bridgehead atoms. The predicted octanol–water partition coefficient (Wildman–Crippen LogP) is 5.06. The third-order valence-corrected chi connectivity index (χ3v) is 4.55. The van der Waals surface area contributed by atoms with Gasteiger partial charge in [0.25, 0.3) is 0 Å². The van der Waals surface area contributed by atoms with Crippen molar-refractivity contribution in [2.75, 3.05) is 0 Å². The van der Waals surface area contributed by atoms with Crippen LogP contribution in [0, 0.1) is 5.92 Å². The molecule has 0 unspecified atom stereocenters. The Morgan fingerprint density at radius 1 is 1.20 bits per heavy atom. The van der Waals surface area contributed by atoms with Gasteiger partial charge in [-0.25, -0.2) is 0 Å². The third-order valence-electron chi connectivity index (χ3n) is 4.55. The minimum Gasteiger partial charge on any atom is -0.295 e. The maximum Gasteiger partial charge on any atom is 0.155 e. The molecule has 0 aromatic heterocycles. The Morgan fingerprint density at radius 2 is 1.85 bits per heavy atom. The molecule has 1 aliphatic rings. The lowest BCUT2D eigenvalue weighted by molar-refractivity contribution is -0.115. The highest BCUT2D eigenvalue weighted by atomic mass is 16.1. The van der Waals surface area contributed by atoms with Crippen LogP contribution >= 0.6 is 0 Å². The van der Waals surface area contributed by atoms with Gasteiger partial charge in [-0.05, 0) is 61.1 Å². The van der Waals surface area contributed by atoms with Gasteiger partial charge in [-0.15, -0.1) is 0 Å². The van der Waals surface area contributed by atoms with E-state index in [4.69, 9.17) is 0 Å². The molecule has 0 amide bonds. The van der Waals surface area contributed by atoms with Crippen LogP contribution in [0.4, 0.5) is 0 Å². The molecule has 0 atom stereocenters. The predicted molar refractivity (Wildman–Crippen MR) is 85.0 cm³/mol. The lowest BCUT2D eigenvalue weighted by Crippen LogP contribution is -2.15. The maximum absolute atomic E-state index is 11.4. The summed E-state index contributed by atoms with van der Waals surface area (Å²) in [5.41, 5.74) is 2.93. The zero-order chi connectivity index (χ0) is 14.4. The second-order valence-electron chi connectivity index (χ2n) is 6.08. The van der Waals surface area contributed by atoms with Crippen molar-refractivity contribution in [1.82, 2.24) is 0 Å². The zero-order valence-electron chi connectivity index (χ0n) is 12.6. The molecule has 1 aromatic rings. The minimum absolute atomic E-state index is 0.206. The number of benzene rings is 1. The summed E-state index contributed by atoms with van der Waals surface area (Å²) in [5.74, 6) is 1.48. The van der Waals surface area contributed by atoms with Gasteiger partial charge in [-0.3, -0.25) is 4.79 Å². The molecular weight excluding hydrogens is 244 g/mol. The first-order chi connectivity index (χ1) is 9.72. The summed E-state index contributed by atoms with van der Waals surface area (Å²) >= 11 is 0. The Morgan fingerprint density at radius 3 is 2.40 bits per heavy atom. The molecule has 0 N–H and O–H groups in total. The Labute approximate surface area is 123 Å². The first-order valence-corrected chi connectivity index (χ1v) is 7.97. The maximum atomic E-state index is 11.4. The van der Waals surface area contributed by atoms with Gasteiger partial charge in [0.15, 0.2) is 5.78 Å². The highest BCUT2D eigenvalue weighted by Crippen LogP contribution is 2.37. The standard InChI is InChI=1S/C19H26O/c1-3-5-15-6-10-17(11-7-15)18-12-8-16(9-13-18)14-19(20)4-2/h4,6-7,10-11,16,18H,2-3,5,8-9,12-14H2,1H3. The average Bonchev–Trinajstić information content (AvgIpc) is 2.49. The fourth-order valence-corrected chi connectivity index (χ4v) is 3.31. The molecule has 1 nitrogen and oxygen atoms in total. The van der Waals surface area contributed by atoms with E-state index in [1.54, 1.807) is 0 Å². The molecule has 1 aliphatic carbocycles. The van der Waals surface area contributed by atoms with Crippen LogP contribution < -0.4 is 0 Å². The van der Waals surface area contributed by atoms with Crippen molar-refractivity contribution in [1.29, 1.82) is 0 Å². The summed E-state index contributed by atoms with van der Waals surface area (Å²) in [6, 6.07) is 9.19. The first-order valence-electron chi connectivity index (χ1n) is 7.97. The van der Waals surface area contributed by atoms with Gasteiger partial charge in [0.05, 0.1) is 0 Å². The van der Waals surface area contributed by atoms with Crippen LogP contribution in [-0.2, 0) is 11.2 Å². The number of carbonyl (C=O) groups excluding carboxylic acids is 1. The van der Waals surface area contributed by atoms with E-state index in [9.17, 15) is 4.79 Å². The van der Waals surface area contributed by atoms with E-state index in [-0.39, 0.29) is 5.78 Å². The summed E-state index contributed by atoms with van der Waals surface area (Å²) in [6.45, 7) is 5.78. The van der Waals surface area contributed by atoms with Crippen molar-refractivity contribution < 1.29 is 4.79 Å². The molecule has 0 spiro atoms. The first kappa shape index (κ1) is 15.0. The number of aryl methyl sites for hydroxylation is 1. The number of allylic oxidation sites excluding steroid dienone is 1. The number of hydrogen-bond donors (Lipinski definition) is 0. The average molecular weight is 270 g/mol. The molecule has 1 heteroatoms. The normalized spacial score (nSPS) is 22.4. The van der Waals surface area contributed by atoms with Gasteiger partial charge in [0, 0.05) is 6.42 Å². The molecule has 1 aromatic carbocycles. The van der Waals surface area contributed by atoms with Crippen molar-refractivity contribution in [3.63, 3.8) is 0 Å². The van der Waals surface area contributed by atoms with Crippen molar-refractivity contribution in [2.24, 2.45) is 5.92 Å². The highest BCUT2D eigenvalue weighted by Gasteiger charge is 2.23. The summed E-state index contributed by atoms with van der Waals surface area (Å²) in [5, 5.41) is 0. The van der Waals surface area contributed by atoms with E-state index in [1.165, 1.54) is 55.7 Å². The zero-order valence-corrected chi connectivity index (χ0v) is 12.6. The van der Waals surface area contributed by atoms with E-state index in [2.05, 4.69) is 37.8 Å². The SMILES string of the molecule is C=CC(=O)CC1CCC(c2ccc(CCC)cc2)CC1.